The molecule has 1 atom stereocenters. The molecular weight excluding hydrogens is 483 g/mol. The van der Waals surface area contributed by atoms with Gasteiger partial charge in [-0.2, -0.15) is 4.52 Å². The van der Waals surface area contributed by atoms with Gasteiger partial charge < -0.3 is 10.3 Å². The Morgan fingerprint density at radius 3 is 2.46 bits per heavy atom. The Bertz CT molecular complexity index is 1710. The van der Waals surface area contributed by atoms with Gasteiger partial charge in [-0.1, -0.05) is 58.6 Å². The predicted molar refractivity (Wildman–Crippen MR) is 135 cm³/mol. The van der Waals surface area contributed by atoms with Crippen LogP contribution in [0.3, 0.4) is 0 Å². The number of fused-ring (bicyclic) bond motifs is 3. The molecule has 0 unspecified atom stereocenters. The van der Waals surface area contributed by atoms with E-state index in [1.165, 1.54) is 0 Å². The highest BCUT2D eigenvalue weighted by Gasteiger charge is 2.35. The lowest BCUT2D eigenvalue weighted by Gasteiger charge is -2.31. The van der Waals surface area contributed by atoms with Crippen molar-refractivity contribution in [2.45, 2.75) is 5.54 Å². The van der Waals surface area contributed by atoms with E-state index in [4.69, 9.17) is 33.9 Å². The van der Waals surface area contributed by atoms with Gasteiger partial charge in [0.15, 0.2) is 0 Å². The molecule has 0 saturated carbocycles. The Kier molecular flexibility index (Phi) is 5.03. The van der Waals surface area contributed by atoms with E-state index in [0.717, 1.165) is 33.3 Å². The third-order valence-corrected chi connectivity index (χ3v) is 6.71. The quantitative estimate of drug-likeness (QED) is 0.378. The molecule has 0 amide bonds. The van der Waals surface area contributed by atoms with Crippen LogP contribution in [0.25, 0.3) is 27.9 Å². The number of hydrogen-bond acceptors (Lipinski definition) is 6. The zero-order valence-electron chi connectivity index (χ0n) is 18.5. The fourth-order valence-electron chi connectivity index (χ4n) is 4.49. The van der Waals surface area contributed by atoms with E-state index in [2.05, 4.69) is 20.5 Å². The molecule has 3 heterocycles. The van der Waals surface area contributed by atoms with Crippen molar-refractivity contribution in [3.63, 3.8) is 0 Å². The first kappa shape index (κ1) is 21.7. The summed E-state index contributed by atoms with van der Waals surface area (Å²) in [6, 6.07) is 21.0. The van der Waals surface area contributed by atoms with Crippen molar-refractivity contribution in [2.75, 3.05) is 0 Å². The highest BCUT2D eigenvalue weighted by atomic mass is 35.5. The van der Waals surface area contributed by atoms with Crippen LogP contribution in [-0.2, 0) is 12.6 Å². The molecule has 3 aromatic carbocycles. The normalized spacial score (nSPS) is 13.4. The SMILES string of the molecule is Cn1cncc1[C@](N)(c1ccc(Cl)cc1)c1ccc2c(c1)c(-c1cccc(Cl)c1)nc1nnnn12. The van der Waals surface area contributed by atoms with Crippen molar-refractivity contribution in [3.05, 3.63) is 106 Å². The van der Waals surface area contributed by atoms with E-state index in [-0.39, 0.29) is 0 Å². The van der Waals surface area contributed by atoms with Crippen LogP contribution < -0.4 is 5.73 Å². The zero-order valence-corrected chi connectivity index (χ0v) is 20.0. The Hall–Kier alpha value is -3.85. The largest absolute Gasteiger partial charge is 0.336 e. The van der Waals surface area contributed by atoms with Gasteiger partial charge in [-0.25, -0.2) is 9.97 Å². The van der Waals surface area contributed by atoms with E-state index < -0.39 is 5.54 Å². The molecule has 0 bridgehead atoms. The molecule has 0 fully saturated rings. The average Bonchev–Trinajstić information content (AvgIpc) is 3.52. The summed E-state index contributed by atoms with van der Waals surface area (Å²) in [5, 5.41) is 14.1. The summed E-state index contributed by atoms with van der Waals surface area (Å²) in [4.78, 5) is 9.08. The number of rotatable bonds is 4. The lowest BCUT2D eigenvalue weighted by atomic mass is 9.80. The molecule has 6 rings (SSSR count). The zero-order chi connectivity index (χ0) is 24.2. The minimum Gasteiger partial charge on any atom is -0.336 e. The van der Waals surface area contributed by atoms with Gasteiger partial charge in [-0.15, -0.1) is 0 Å². The third-order valence-electron chi connectivity index (χ3n) is 6.22. The number of halogens is 2. The maximum Gasteiger partial charge on any atom is 0.274 e. The molecule has 35 heavy (non-hydrogen) atoms. The maximum absolute atomic E-state index is 7.26. The van der Waals surface area contributed by atoms with E-state index in [1.54, 1.807) is 17.0 Å². The van der Waals surface area contributed by atoms with Gasteiger partial charge in [0, 0.05) is 28.0 Å². The molecule has 2 N–H and O–H groups in total. The first-order chi connectivity index (χ1) is 16.9. The van der Waals surface area contributed by atoms with Crippen LogP contribution >= 0.6 is 23.2 Å². The first-order valence-electron chi connectivity index (χ1n) is 10.7. The minimum absolute atomic E-state index is 0.392. The first-order valence-corrected chi connectivity index (χ1v) is 11.5. The van der Waals surface area contributed by atoms with Crippen molar-refractivity contribution >= 4 is 39.9 Å². The summed E-state index contributed by atoms with van der Waals surface area (Å²) in [7, 11) is 1.92. The van der Waals surface area contributed by atoms with E-state index in [9.17, 15) is 0 Å². The van der Waals surface area contributed by atoms with Crippen molar-refractivity contribution in [2.24, 2.45) is 12.8 Å². The summed E-state index contributed by atoms with van der Waals surface area (Å²) in [6.07, 6.45) is 3.51. The number of aryl methyl sites for hydroxylation is 1. The topological polar surface area (TPSA) is 99.8 Å². The Morgan fingerprint density at radius 2 is 1.71 bits per heavy atom. The van der Waals surface area contributed by atoms with Crippen LogP contribution in [0.1, 0.15) is 16.8 Å². The van der Waals surface area contributed by atoms with Gasteiger partial charge in [0.2, 0.25) is 0 Å². The third kappa shape index (κ3) is 3.46. The molecule has 8 nitrogen and oxygen atoms in total. The van der Waals surface area contributed by atoms with Gasteiger partial charge in [0.1, 0.15) is 5.54 Å². The van der Waals surface area contributed by atoms with E-state index in [1.807, 2.05) is 78.3 Å². The number of aromatic nitrogens is 7. The predicted octanol–water partition coefficient (Wildman–Crippen LogP) is 4.63. The van der Waals surface area contributed by atoms with Gasteiger partial charge in [-0.3, -0.25) is 0 Å². The van der Waals surface area contributed by atoms with Crippen LogP contribution in [-0.4, -0.2) is 34.6 Å². The van der Waals surface area contributed by atoms with Gasteiger partial charge in [0.25, 0.3) is 5.78 Å². The molecule has 0 radical (unpaired) electrons. The molecule has 0 spiro atoms. The Balaban J connectivity index is 1.68. The van der Waals surface area contributed by atoms with Crippen LogP contribution in [0.5, 0.6) is 0 Å². The minimum atomic E-state index is -1.02. The molecule has 3 aromatic heterocycles. The van der Waals surface area contributed by atoms with Crippen LogP contribution in [0.2, 0.25) is 10.0 Å². The van der Waals surface area contributed by atoms with Crippen LogP contribution in [0.4, 0.5) is 0 Å². The van der Waals surface area contributed by atoms with Crippen molar-refractivity contribution in [3.8, 4) is 11.3 Å². The van der Waals surface area contributed by atoms with E-state index >= 15 is 0 Å². The molecule has 172 valence electrons. The Labute approximate surface area is 210 Å². The summed E-state index contributed by atoms with van der Waals surface area (Å²) >= 11 is 12.5. The van der Waals surface area contributed by atoms with Crippen molar-refractivity contribution < 1.29 is 0 Å². The van der Waals surface area contributed by atoms with Crippen LogP contribution in [0, 0.1) is 0 Å². The number of imidazole rings is 1. The van der Waals surface area contributed by atoms with Gasteiger partial charge in [0.05, 0.1) is 29.4 Å². The molecule has 6 aromatic rings. The molecule has 0 saturated heterocycles. The molecule has 0 aliphatic carbocycles. The molecule has 0 aliphatic rings. The van der Waals surface area contributed by atoms with Crippen molar-refractivity contribution in [1.82, 2.24) is 34.6 Å². The van der Waals surface area contributed by atoms with E-state index in [0.29, 0.717) is 21.5 Å². The standard InChI is InChI=1S/C25H18Cl2N8/c1-34-14-29-13-22(34)25(28,16-5-8-18(26)9-6-16)17-7-10-21-20(12-17)23(15-3-2-4-19(27)11-15)30-24-31-32-33-35(21)24/h2-14H,28H2,1H3/t25-/m0/s1. The highest BCUT2D eigenvalue weighted by Crippen LogP contribution is 2.38. The van der Waals surface area contributed by atoms with Gasteiger partial charge >= 0.3 is 0 Å². The van der Waals surface area contributed by atoms with Gasteiger partial charge in [-0.05, 0) is 58.0 Å². The monoisotopic (exact) mass is 500 g/mol. The summed E-state index contributed by atoms with van der Waals surface area (Å²) < 4.78 is 3.52. The summed E-state index contributed by atoms with van der Waals surface area (Å²) in [6.45, 7) is 0. The smallest absolute Gasteiger partial charge is 0.274 e. The maximum atomic E-state index is 7.26. The lowest BCUT2D eigenvalue weighted by Crippen LogP contribution is -2.40. The van der Waals surface area contributed by atoms with Crippen molar-refractivity contribution in [1.29, 1.82) is 0 Å². The second-order valence-electron chi connectivity index (χ2n) is 8.30. The summed E-state index contributed by atoms with van der Waals surface area (Å²) in [5.74, 6) is 0.392. The van der Waals surface area contributed by atoms with Crippen LogP contribution in [0.15, 0.2) is 79.3 Å². The lowest BCUT2D eigenvalue weighted by molar-refractivity contribution is 0.596. The molecular formula is C25H18Cl2N8. The average molecular weight is 501 g/mol. The highest BCUT2D eigenvalue weighted by molar-refractivity contribution is 6.31. The number of benzene rings is 3. The number of tetrazole rings is 1. The fourth-order valence-corrected chi connectivity index (χ4v) is 4.81. The molecule has 10 heteroatoms. The second kappa shape index (κ2) is 8.13. The second-order valence-corrected chi connectivity index (χ2v) is 9.17. The molecule has 0 aliphatic heterocycles. The Morgan fingerprint density at radius 1 is 0.914 bits per heavy atom. The number of nitrogens with zero attached hydrogens (tertiary/aromatic N) is 7. The fraction of sp³-hybridized carbons (Fsp3) is 0.0800. The number of hydrogen-bond donors (Lipinski definition) is 1. The summed E-state index contributed by atoms with van der Waals surface area (Å²) in [5.41, 5.74) is 11.1. The number of nitrogens with two attached hydrogens (primary N) is 1.